The van der Waals surface area contributed by atoms with Gasteiger partial charge in [0.25, 0.3) is 0 Å². The Morgan fingerprint density at radius 1 is 1.17 bits per heavy atom. The van der Waals surface area contributed by atoms with E-state index in [1.165, 1.54) is 19.3 Å². The number of ether oxygens (including phenoxy) is 1. The van der Waals surface area contributed by atoms with Gasteiger partial charge in [-0.15, -0.1) is 0 Å². The number of hydrogen-bond acceptors (Lipinski definition) is 3. The minimum atomic E-state index is 0.108. The van der Waals surface area contributed by atoms with Crippen LogP contribution < -0.4 is 15.0 Å². The maximum Gasteiger partial charge on any atom is 0.225 e. The second-order valence-electron chi connectivity index (χ2n) is 6.83. The van der Waals surface area contributed by atoms with Crippen molar-refractivity contribution in [3.05, 3.63) is 24.3 Å². The molecule has 0 radical (unpaired) electrons. The average molecular weight is 316 g/mol. The summed E-state index contributed by atoms with van der Waals surface area (Å²) >= 11 is 0. The van der Waals surface area contributed by atoms with E-state index < -0.39 is 0 Å². The quantitative estimate of drug-likeness (QED) is 0.926. The molecule has 1 amide bonds. The molecule has 1 saturated carbocycles. The Morgan fingerprint density at radius 2 is 2.00 bits per heavy atom. The van der Waals surface area contributed by atoms with Gasteiger partial charge in [0.15, 0.2) is 0 Å². The van der Waals surface area contributed by atoms with Crippen molar-refractivity contribution in [1.82, 2.24) is 5.32 Å². The van der Waals surface area contributed by atoms with Gasteiger partial charge >= 0.3 is 0 Å². The third kappa shape index (κ3) is 4.18. The zero-order chi connectivity index (χ0) is 16.1. The van der Waals surface area contributed by atoms with Gasteiger partial charge in [0.05, 0.1) is 13.0 Å². The predicted molar refractivity (Wildman–Crippen MR) is 92.9 cm³/mol. The maximum absolute atomic E-state index is 12.6. The predicted octanol–water partition coefficient (Wildman–Crippen LogP) is 3.36. The van der Waals surface area contributed by atoms with Crippen molar-refractivity contribution in [3.8, 4) is 5.75 Å². The highest BCUT2D eigenvalue weighted by Gasteiger charge is 2.27. The summed E-state index contributed by atoms with van der Waals surface area (Å²) in [4.78, 5) is 14.9. The molecule has 1 atom stereocenters. The minimum Gasteiger partial charge on any atom is -0.497 e. The van der Waals surface area contributed by atoms with Gasteiger partial charge in [-0.2, -0.15) is 0 Å². The molecule has 1 aromatic carbocycles. The van der Waals surface area contributed by atoms with Crippen LogP contribution in [0.3, 0.4) is 0 Å². The molecule has 1 heterocycles. The first kappa shape index (κ1) is 16.2. The van der Waals surface area contributed by atoms with Crippen LogP contribution in [0.4, 0.5) is 5.69 Å². The largest absolute Gasteiger partial charge is 0.497 e. The third-order valence-electron chi connectivity index (χ3n) is 5.16. The number of hydrogen-bond donors (Lipinski definition) is 1. The van der Waals surface area contributed by atoms with E-state index in [1.807, 2.05) is 12.1 Å². The molecule has 4 nitrogen and oxygen atoms in total. The van der Waals surface area contributed by atoms with E-state index in [2.05, 4.69) is 22.3 Å². The molecule has 23 heavy (non-hydrogen) atoms. The topological polar surface area (TPSA) is 41.6 Å². The van der Waals surface area contributed by atoms with E-state index >= 15 is 0 Å². The Hall–Kier alpha value is -1.71. The lowest BCUT2D eigenvalue weighted by Gasteiger charge is -2.35. The second-order valence-corrected chi connectivity index (χ2v) is 6.83. The molecule has 1 N–H and O–H groups in total. The zero-order valence-corrected chi connectivity index (χ0v) is 14.1. The van der Waals surface area contributed by atoms with Crippen molar-refractivity contribution in [3.63, 3.8) is 0 Å². The number of nitrogens with zero attached hydrogens (tertiary/aromatic N) is 1. The van der Waals surface area contributed by atoms with Crippen molar-refractivity contribution in [2.45, 2.75) is 51.0 Å². The van der Waals surface area contributed by atoms with Crippen LogP contribution in [0.1, 0.15) is 44.9 Å². The lowest BCUT2D eigenvalue weighted by Crippen LogP contribution is -2.46. The van der Waals surface area contributed by atoms with Crippen molar-refractivity contribution in [2.75, 3.05) is 25.1 Å². The van der Waals surface area contributed by atoms with Gasteiger partial charge < -0.3 is 15.0 Å². The van der Waals surface area contributed by atoms with E-state index in [-0.39, 0.29) is 11.8 Å². The molecule has 0 aromatic heterocycles. The van der Waals surface area contributed by atoms with E-state index in [4.69, 9.17) is 4.74 Å². The number of rotatable bonds is 4. The van der Waals surface area contributed by atoms with E-state index in [0.717, 1.165) is 50.2 Å². The minimum absolute atomic E-state index is 0.108. The third-order valence-corrected chi connectivity index (χ3v) is 5.16. The van der Waals surface area contributed by atoms with E-state index in [1.54, 1.807) is 7.11 Å². The molecule has 1 aromatic rings. The molecule has 1 aliphatic heterocycles. The monoisotopic (exact) mass is 316 g/mol. The van der Waals surface area contributed by atoms with Gasteiger partial charge in [0.1, 0.15) is 5.75 Å². The molecule has 1 aliphatic carbocycles. The van der Waals surface area contributed by atoms with Gasteiger partial charge in [0.2, 0.25) is 5.91 Å². The van der Waals surface area contributed by atoms with Gasteiger partial charge in [-0.25, -0.2) is 0 Å². The highest BCUT2D eigenvalue weighted by molar-refractivity contribution is 5.80. The van der Waals surface area contributed by atoms with Crippen LogP contribution in [0.2, 0.25) is 0 Å². The zero-order valence-electron chi connectivity index (χ0n) is 14.1. The van der Waals surface area contributed by atoms with Gasteiger partial charge in [0, 0.05) is 30.9 Å². The molecule has 1 saturated heterocycles. The first-order valence-corrected chi connectivity index (χ1v) is 8.95. The molecule has 0 spiro atoms. The van der Waals surface area contributed by atoms with Crippen LogP contribution in [0.25, 0.3) is 0 Å². The lowest BCUT2D eigenvalue weighted by atomic mass is 9.93. The van der Waals surface area contributed by atoms with Gasteiger partial charge in [-0.3, -0.25) is 4.79 Å². The number of carbonyl (C=O) groups excluding carboxylic acids is 1. The van der Waals surface area contributed by atoms with Crippen LogP contribution in [-0.2, 0) is 4.79 Å². The van der Waals surface area contributed by atoms with Crippen LogP contribution in [0.15, 0.2) is 24.3 Å². The Morgan fingerprint density at radius 3 is 2.78 bits per heavy atom. The van der Waals surface area contributed by atoms with Crippen molar-refractivity contribution >= 4 is 11.6 Å². The molecule has 2 fully saturated rings. The summed E-state index contributed by atoms with van der Waals surface area (Å²) in [5.74, 6) is 1.23. The molecule has 0 bridgehead atoms. The number of anilines is 1. The molecule has 126 valence electrons. The number of nitrogens with one attached hydrogen (secondary N) is 1. The number of piperidine rings is 1. The van der Waals surface area contributed by atoms with Crippen LogP contribution in [0, 0.1) is 5.92 Å². The number of methoxy groups -OCH3 is 1. The normalized spacial score (nSPS) is 22.7. The number of benzene rings is 1. The lowest BCUT2D eigenvalue weighted by molar-refractivity contribution is -0.126. The highest BCUT2D eigenvalue weighted by atomic mass is 16.5. The summed E-state index contributed by atoms with van der Waals surface area (Å²) in [6, 6.07) is 8.54. The second kappa shape index (κ2) is 7.71. The van der Waals surface area contributed by atoms with E-state index in [9.17, 15) is 4.79 Å². The summed E-state index contributed by atoms with van der Waals surface area (Å²) < 4.78 is 5.31. The summed E-state index contributed by atoms with van der Waals surface area (Å²) in [5, 5.41) is 3.29. The van der Waals surface area contributed by atoms with E-state index in [0.29, 0.717) is 6.04 Å². The molecule has 2 aliphatic rings. The maximum atomic E-state index is 12.6. The Balaban J connectivity index is 1.59. The smallest absolute Gasteiger partial charge is 0.225 e. The first-order valence-electron chi connectivity index (χ1n) is 8.95. The van der Waals surface area contributed by atoms with Crippen LogP contribution in [-0.4, -0.2) is 32.1 Å². The Labute approximate surface area is 139 Å². The summed E-state index contributed by atoms with van der Waals surface area (Å²) in [6.07, 6.45) is 8.20. The van der Waals surface area contributed by atoms with Gasteiger partial charge in [-0.1, -0.05) is 25.3 Å². The van der Waals surface area contributed by atoms with Crippen LogP contribution >= 0.6 is 0 Å². The number of amides is 1. The molecule has 0 unspecified atom stereocenters. The summed E-state index contributed by atoms with van der Waals surface area (Å²) in [5.41, 5.74) is 1.15. The highest BCUT2D eigenvalue weighted by Crippen LogP contribution is 2.27. The fourth-order valence-electron chi connectivity index (χ4n) is 3.80. The van der Waals surface area contributed by atoms with Crippen LogP contribution in [0.5, 0.6) is 5.75 Å². The molecule has 4 heteroatoms. The SMILES string of the molecule is COc1cccc(N2CCC[C@H](C(=O)NC3CCCCC3)C2)c1. The standard InChI is InChI=1S/C19H28N2O2/c1-23-18-11-5-10-17(13-18)21-12-6-7-15(14-21)19(22)20-16-8-3-2-4-9-16/h5,10-11,13,15-16H,2-4,6-9,12,14H2,1H3,(H,20,22)/t15-/m0/s1. The summed E-state index contributed by atoms with van der Waals surface area (Å²) in [7, 11) is 1.69. The number of carbonyl (C=O) groups is 1. The Bertz CT molecular complexity index is 526. The fraction of sp³-hybridized carbons (Fsp3) is 0.632. The Kier molecular flexibility index (Phi) is 5.42. The molecular formula is C19H28N2O2. The van der Waals surface area contributed by atoms with Crippen molar-refractivity contribution < 1.29 is 9.53 Å². The molecular weight excluding hydrogens is 288 g/mol. The first-order chi connectivity index (χ1) is 11.3. The van der Waals surface area contributed by atoms with Crippen molar-refractivity contribution in [2.24, 2.45) is 5.92 Å². The molecule has 3 rings (SSSR count). The van der Waals surface area contributed by atoms with Gasteiger partial charge in [-0.05, 0) is 37.8 Å². The fourth-order valence-corrected chi connectivity index (χ4v) is 3.80. The van der Waals surface area contributed by atoms with Crippen molar-refractivity contribution in [1.29, 1.82) is 0 Å². The average Bonchev–Trinajstić information content (AvgIpc) is 2.63. The summed E-state index contributed by atoms with van der Waals surface area (Å²) in [6.45, 7) is 1.83.